The largest absolute Gasteiger partial charge is 0.353 e. The molecule has 0 radical (unpaired) electrons. The van der Waals surface area contributed by atoms with Gasteiger partial charge in [0, 0.05) is 31.6 Å². The first-order chi connectivity index (χ1) is 10.2. The Morgan fingerprint density at radius 3 is 2.48 bits per heavy atom. The fourth-order valence-corrected chi connectivity index (χ4v) is 2.73. The quantitative estimate of drug-likeness (QED) is 0.875. The van der Waals surface area contributed by atoms with E-state index in [0.717, 1.165) is 18.5 Å². The number of hydrogen-bond donors (Lipinski definition) is 1. The Labute approximate surface area is 126 Å². The van der Waals surface area contributed by atoms with E-state index in [9.17, 15) is 9.59 Å². The van der Waals surface area contributed by atoms with E-state index in [1.165, 1.54) is 12.8 Å². The maximum absolute atomic E-state index is 12.1. The number of nitrogens with one attached hydrogen (secondary N) is 1. The molecule has 0 saturated heterocycles. The molecular weight excluding hydrogens is 264 g/mol. The molecule has 1 N–H and O–H groups in total. The highest BCUT2D eigenvalue weighted by molar-refractivity contribution is 5.92. The van der Waals surface area contributed by atoms with Gasteiger partial charge in [-0.15, -0.1) is 0 Å². The first-order valence-electron chi connectivity index (χ1n) is 7.78. The Bertz CT molecular complexity index is 467. The lowest BCUT2D eigenvalue weighted by molar-refractivity contribution is -0.122. The lowest BCUT2D eigenvalue weighted by Gasteiger charge is -2.17. The molecule has 21 heavy (non-hydrogen) atoms. The van der Waals surface area contributed by atoms with Crippen molar-refractivity contribution in [2.45, 2.75) is 51.0 Å². The number of nitrogens with zero attached hydrogens (tertiary/aromatic N) is 1. The summed E-state index contributed by atoms with van der Waals surface area (Å²) in [5.41, 5.74) is 0.887. The first-order valence-corrected chi connectivity index (χ1v) is 7.78. The van der Waals surface area contributed by atoms with Gasteiger partial charge in [-0.2, -0.15) is 0 Å². The minimum Gasteiger partial charge on any atom is -0.353 e. The summed E-state index contributed by atoms with van der Waals surface area (Å²) in [5, 5.41) is 3.05. The van der Waals surface area contributed by atoms with E-state index in [0.29, 0.717) is 25.3 Å². The van der Waals surface area contributed by atoms with Crippen LogP contribution in [0.2, 0.25) is 0 Å². The van der Waals surface area contributed by atoms with Gasteiger partial charge in [-0.1, -0.05) is 31.0 Å². The van der Waals surface area contributed by atoms with E-state index < -0.39 is 0 Å². The number of para-hydroxylation sites is 1. The van der Waals surface area contributed by atoms with Crippen molar-refractivity contribution in [3.8, 4) is 0 Å². The summed E-state index contributed by atoms with van der Waals surface area (Å²) < 4.78 is 0. The highest BCUT2D eigenvalue weighted by Crippen LogP contribution is 2.18. The fourth-order valence-electron chi connectivity index (χ4n) is 2.73. The van der Waals surface area contributed by atoms with Crippen molar-refractivity contribution in [3.05, 3.63) is 30.3 Å². The minimum absolute atomic E-state index is 0.0508. The topological polar surface area (TPSA) is 49.4 Å². The van der Waals surface area contributed by atoms with Crippen molar-refractivity contribution in [1.82, 2.24) is 5.32 Å². The van der Waals surface area contributed by atoms with E-state index in [1.807, 2.05) is 30.3 Å². The van der Waals surface area contributed by atoms with Crippen LogP contribution >= 0.6 is 0 Å². The smallest absolute Gasteiger partial charge is 0.226 e. The Kier molecular flexibility index (Phi) is 5.78. The fraction of sp³-hybridized carbons (Fsp3) is 0.529. The standard InChI is InChI=1S/C17H24N2O2/c1-19(15-10-3-2-4-11-15)17(21)13-7-12-16(20)18-14-8-5-6-9-14/h2-4,10-11,14H,5-9,12-13H2,1H3,(H,18,20). The summed E-state index contributed by atoms with van der Waals surface area (Å²) in [6, 6.07) is 9.92. The lowest BCUT2D eigenvalue weighted by Crippen LogP contribution is -2.32. The second-order valence-electron chi connectivity index (χ2n) is 5.69. The molecule has 1 aromatic carbocycles. The van der Waals surface area contributed by atoms with Crippen LogP contribution in [0.15, 0.2) is 30.3 Å². The minimum atomic E-state index is 0.0508. The predicted octanol–water partition coefficient (Wildman–Crippen LogP) is 2.88. The third-order valence-corrected chi connectivity index (χ3v) is 4.03. The van der Waals surface area contributed by atoms with Crippen molar-refractivity contribution in [3.63, 3.8) is 0 Å². The Hall–Kier alpha value is -1.84. The molecule has 0 bridgehead atoms. The van der Waals surface area contributed by atoms with Gasteiger partial charge in [0.1, 0.15) is 0 Å². The summed E-state index contributed by atoms with van der Waals surface area (Å²) in [6.45, 7) is 0. The number of hydrogen-bond acceptors (Lipinski definition) is 2. The second kappa shape index (κ2) is 7.81. The van der Waals surface area contributed by atoms with Gasteiger partial charge in [0.15, 0.2) is 0 Å². The normalized spacial score (nSPS) is 14.9. The molecule has 0 aliphatic heterocycles. The van der Waals surface area contributed by atoms with Gasteiger partial charge in [0.05, 0.1) is 0 Å². The van der Waals surface area contributed by atoms with Gasteiger partial charge in [-0.3, -0.25) is 9.59 Å². The van der Waals surface area contributed by atoms with E-state index >= 15 is 0 Å². The van der Waals surface area contributed by atoms with Crippen molar-refractivity contribution < 1.29 is 9.59 Å². The number of carbonyl (C=O) groups excluding carboxylic acids is 2. The number of amides is 2. The lowest BCUT2D eigenvalue weighted by atomic mass is 10.2. The molecule has 1 fully saturated rings. The average Bonchev–Trinajstić information content (AvgIpc) is 3.00. The maximum atomic E-state index is 12.1. The zero-order valence-corrected chi connectivity index (χ0v) is 12.7. The molecule has 4 nitrogen and oxygen atoms in total. The van der Waals surface area contributed by atoms with Crippen LogP contribution in [0.3, 0.4) is 0 Å². The maximum Gasteiger partial charge on any atom is 0.226 e. The van der Waals surface area contributed by atoms with Crippen LogP contribution in [0, 0.1) is 0 Å². The van der Waals surface area contributed by atoms with Crippen molar-refractivity contribution >= 4 is 17.5 Å². The summed E-state index contributed by atoms with van der Waals surface area (Å²) in [5.74, 6) is 0.131. The Morgan fingerprint density at radius 2 is 1.81 bits per heavy atom. The molecule has 0 unspecified atom stereocenters. The van der Waals surface area contributed by atoms with Gasteiger partial charge < -0.3 is 10.2 Å². The van der Waals surface area contributed by atoms with Crippen LogP contribution in [-0.2, 0) is 9.59 Å². The zero-order chi connectivity index (χ0) is 15.1. The molecular formula is C17H24N2O2. The van der Waals surface area contributed by atoms with Gasteiger partial charge in [-0.05, 0) is 31.4 Å². The van der Waals surface area contributed by atoms with E-state index in [4.69, 9.17) is 0 Å². The van der Waals surface area contributed by atoms with Crippen molar-refractivity contribution in [1.29, 1.82) is 0 Å². The van der Waals surface area contributed by atoms with Crippen molar-refractivity contribution in [2.24, 2.45) is 0 Å². The molecule has 4 heteroatoms. The monoisotopic (exact) mass is 288 g/mol. The van der Waals surface area contributed by atoms with E-state index in [1.54, 1.807) is 11.9 Å². The number of anilines is 1. The third kappa shape index (κ3) is 4.88. The van der Waals surface area contributed by atoms with Gasteiger partial charge in [-0.25, -0.2) is 0 Å². The zero-order valence-electron chi connectivity index (χ0n) is 12.7. The first kappa shape index (κ1) is 15.5. The van der Waals surface area contributed by atoms with Crippen LogP contribution in [-0.4, -0.2) is 24.9 Å². The number of benzene rings is 1. The molecule has 0 atom stereocenters. The molecule has 2 rings (SSSR count). The van der Waals surface area contributed by atoms with Crippen LogP contribution in [0.5, 0.6) is 0 Å². The Balaban J connectivity index is 1.68. The molecule has 0 aromatic heterocycles. The highest BCUT2D eigenvalue weighted by Gasteiger charge is 2.17. The molecule has 114 valence electrons. The molecule has 1 saturated carbocycles. The van der Waals surface area contributed by atoms with Crippen molar-refractivity contribution in [2.75, 3.05) is 11.9 Å². The molecule has 1 aromatic rings. The van der Waals surface area contributed by atoms with Crippen LogP contribution in [0.4, 0.5) is 5.69 Å². The highest BCUT2D eigenvalue weighted by atomic mass is 16.2. The summed E-state index contributed by atoms with van der Waals surface area (Å²) >= 11 is 0. The number of carbonyl (C=O) groups is 2. The van der Waals surface area contributed by atoms with Crippen LogP contribution in [0.1, 0.15) is 44.9 Å². The van der Waals surface area contributed by atoms with Gasteiger partial charge in [0.2, 0.25) is 11.8 Å². The molecule has 2 amide bonds. The SMILES string of the molecule is CN(C(=O)CCCC(=O)NC1CCCC1)c1ccccc1. The van der Waals surface area contributed by atoms with Crippen LogP contribution in [0.25, 0.3) is 0 Å². The van der Waals surface area contributed by atoms with Gasteiger partial charge >= 0.3 is 0 Å². The van der Waals surface area contributed by atoms with E-state index in [-0.39, 0.29) is 11.8 Å². The molecule has 0 heterocycles. The third-order valence-electron chi connectivity index (χ3n) is 4.03. The summed E-state index contributed by atoms with van der Waals surface area (Å²) in [4.78, 5) is 25.5. The van der Waals surface area contributed by atoms with Gasteiger partial charge in [0.25, 0.3) is 0 Å². The Morgan fingerprint density at radius 1 is 1.14 bits per heavy atom. The number of rotatable bonds is 6. The molecule has 0 spiro atoms. The van der Waals surface area contributed by atoms with E-state index in [2.05, 4.69) is 5.32 Å². The molecule has 1 aliphatic rings. The predicted molar refractivity (Wildman–Crippen MR) is 84.1 cm³/mol. The molecule has 1 aliphatic carbocycles. The average molecular weight is 288 g/mol. The summed E-state index contributed by atoms with van der Waals surface area (Å²) in [7, 11) is 1.77. The summed E-state index contributed by atoms with van der Waals surface area (Å²) in [6.07, 6.45) is 6.07. The van der Waals surface area contributed by atoms with Crippen LogP contribution < -0.4 is 10.2 Å². The second-order valence-corrected chi connectivity index (χ2v) is 5.69.